The van der Waals surface area contributed by atoms with Gasteiger partial charge in [0.05, 0.1) is 17.4 Å². The Labute approximate surface area is 180 Å². The minimum atomic E-state index is -0.350. The standard InChI is InChI=1S/C24H22N4O3/c1-27(23(17-7-3-2-4-8-17)20-9-5-6-16-25-20)24(31)18-10-12-19(13-11-18)28-22(30)15-14-21(29)26-28/h2-13,16,23H,14-15H2,1H3,(H,26,29). The molecular weight excluding hydrogens is 392 g/mol. The van der Waals surface area contributed by atoms with Crippen molar-refractivity contribution in [2.45, 2.75) is 18.9 Å². The maximum atomic E-state index is 13.3. The van der Waals surface area contributed by atoms with Gasteiger partial charge < -0.3 is 4.90 Å². The Morgan fingerprint density at radius 3 is 2.35 bits per heavy atom. The predicted molar refractivity (Wildman–Crippen MR) is 116 cm³/mol. The third-order valence-corrected chi connectivity index (χ3v) is 5.22. The molecule has 0 bridgehead atoms. The normalized spacial score (nSPS) is 14.7. The number of aromatic nitrogens is 1. The van der Waals surface area contributed by atoms with Crippen molar-refractivity contribution in [2.24, 2.45) is 0 Å². The Bertz CT molecular complexity index is 1050. The van der Waals surface area contributed by atoms with Gasteiger partial charge in [-0.25, -0.2) is 5.01 Å². The molecule has 0 saturated carbocycles. The summed E-state index contributed by atoms with van der Waals surface area (Å²) in [6.45, 7) is 0. The maximum Gasteiger partial charge on any atom is 0.254 e. The van der Waals surface area contributed by atoms with Crippen molar-refractivity contribution in [1.29, 1.82) is 0 Å². The van der Waals surface area contributed by atoms with E-state index in [0.717, 1.165) is 11.3 Å². The lowest BCUT2D eigenvalue weighted by Crippen LogP contribution is -2.50. The number of nitrogens with one attached hydrogen (secondary N) is 1. The molecule has 1 N–H and O–H groups in total. The first kappa shape index (κ1) is 20.3. The zero-order valence-electron chi connectivity index (χ0n) is 17.1. The van der Waals surface area contributed by atoms with E-state index in [-0.39, 0.29) is 36.6 Å². The first-order valence-corrected chi connectivity index (χ1v) is 10.00. The van der Waals surface area contributed by atoms with Gasteiger partial charge in [0.15, 0.2) is 0 Å². The molecule has 7 nitrogen and oxygen atoms in total. The number of anilines is 1. The van der Waals surface area contributed by atoms with Gasteiger partial charge >= 0.3 is 0 Å². The highest BCUT2D eigenvalue weighted by Gasteiger charge is 2.27. The number of amides is 3. The second-order valence-electron chi connectivity index (χ2n) is 7.29. The van der Waals surface area contributed by atoms with Crippen LogP contribution in [0.15, 0.2) is 79.0 Å². The van der Waals surface area contributed by atoms with E-state index in [1.165, 1.54) is 5.01 Å². The van der Waals surface area contributed by atoms with Crippen molar-refractivity contribution in [3.05, 3.63) is 95.8 Å². The van der Waals surface area contributed by atoms with Gasteiger partial charge in [0.2, 0.25) is 11.8 Å². The fraction of sp³-hybridized carbons (Fsp3) is 0.167. The molecule has 2 aromatic carbocycles. The number of carbonyl (C=O) groups is 3. The average Bonchev–Trinajstić information content (AvgIpc) is 2.82. The summed E-state index contributed by atoms with van der Waals surface area (Å²) in [6, 6.07) is 21.6. The van der Waals surface area contributed by atoms with Crippen LogP contribution in [0.25, 0.3) is 0 Å². The Morgan fingerprint density at radius 2 is 1.68 bits per heavy atom. The molecule has 1 aliphatic heterocycles. The van der Waals surface area contributed by atoms with Gasteiger partial charge in [-0.2, -0.15) is 0 Å². The second kappa shape index (κ2) is 8.79. The Balaban J connectivity index is 1.60. The summed E-state index contributed by atoms with van der Waals surface area (Å²) in [4.78, 5) is 43.1. The molecule has 0 radical (unpaired) electrons. The molecule has 31 heavy (non-hydrogen) atoms. The van der Waals surface area contributed by atoms with E-state index >= 15 is 0 Å². The number of benzene rings is 2. The zero-order valence-corrected chi connectivity index (χ0v) is 17.1. The van der Waals surface area contributed by atoms with E-state index in [1.54, 1.807) is 42.4 Å². The van der Waals surface area contributed by atoms with E-state index in [1.807, 2.05) is 48.5 Å². The van der Waals surface area contributed by atoms with Crippen LogP contribution in [0.1, 0.15) is 40.5 Å². The monoisotopic (exact) mass is 414 g/mol. The van der Waals surface area contributed by atoms with E-state index < -0.39 is 0 Å². The molecule has 2 heterocycles. The predicted octanol–water partition coefficient (Wildman–Crippen LogP) is 3.10. The Kier molecular flexibility index (Phi) is 5.75. The lowest BCUT2D eigenvalue weighted by atomic mass is 10.0. The van der Waals surface area contributed by atoms with E-state index in [9.17, 15) is 14.4 Å². The van der Waals surface area contributed by atoms with Crippen LogP contribution in [0, 0.1) is 0 Å². The third kappa shape index (κ3) is 4.30. The SMILES string of the molecule is CN(C(=O)c1ccc(N2NC(=O)CCC2=O)cc1)C(c1ccccc1)c1ccccn1. The summed E-state index contributed by atoms with van der Waals surface area (Å²) in [7, 11) is 1.75. The minimum absolute atomic E-state index is 0.165. The summed E-state index contributed by atoms with van der Waals surface area (Å²) in [6.07, 6.45) is 2.06. The molecule has 1 unspecified atom stereocenters. The van der Waals surface area contributed by atoms with Gasteiger partial charge in [0.25, 0.3) is 5.91 Å². The summed E-state index contributed by atoms with van der Waals surface area (Å²) < 4.78 is 0. The quantitative estimate of drug-likeness (QED) is 0.696. The molecule has 1 aromatic heterocycles. The molecule has 1 atom stereocenters. The Morgan fingerprint density at radius 1 is 0.968 bits per heavy atom. The van der Waals surface area contributed by atoms with Gasteiger partial charge in [-0.1, -0.05) is 36.4 Å². The summed E-state index contributed by atoms with van der Waals surface area (Å²) in [5.41, 5.74) is 5.26. The van der Waals surface area contributed by atoms with Crippen LogP contribution in [-0.2, 0) is 9.59 Å². The minimum Gasteiger partial charge on any atom is -0.329 e. The molecule has 3 amide bonds. The van der Waals surface area contributed by atoms with Crippen molar-refractivity contribution in [3.8, 4) is 0 Å². The molecule has 0 aliphatic carbocycles. The summed E-state index contributed by atoms with van der Waals surface area (Å²) >= 11 is 0. The van der Waals surface area contributed by atoms with Gasteiger partial charge in [-0.15, -0.1) is 0 Å². The van der Waals surface area contributed by atoms with E-state index in [0.29, 0.717) is 11.3 Å². The van der Waals surface area contributed by atoms with Crippen molar-refractivity contribution in [2.75, 3.05) is 12.1 Å². The van der Waals surface area contributed by atoms with E-state index in [2.05, 4.69) is 10.4 Å². The van der Waals surface area contributed by atoms with Crippen molar-refractivity contribution >= 4 is 23.4 Å². The van der Waals surface area contributed by atoms with Gasteiger partial charge in [0, 0.05) is 31.6 Å². The molecule has 0 spiro atoms. The van der Waals surface area contributed by atoms with Crippen LogP contribution < -0.4 is 10.4 Å². The lowest BCUT2D eigenvalue weighted by Gasteiger charge is -2.29. The maximum absolute atomic E-state index is 13.3. The number of hydrogen-bond donors (Lipinski definition) is 1. The number of hydrazine groups is 1. The summed E-state index contributed by atoms with van der Waals surface area (Å²) in [5.74, 6) is -0.573. The fourth-order valence-electron chi connectivity index (χ4n) is 3.62. The number of nitrogens with zero attached hydrogens (tertiary/aromatic N) is 3. The first-order valence-electron chi connectivity index (χ1n) is 10.00. The van der Waals surface area contributed by atoms with Crippen LogP contribution in [-0.4, -0.2) is 34.7 Å². The molecular formula is C24H22N4O3. The molecule has 1 fully saturated rings. The van der Waals surface area contributed by atoms with Crippen molar-refractivity contribution in [1.82, 2.24) is 15.3 Å². The lowest BCUT2D eigenvalue weighted by molar-refractivity contribution is -0.130. The molecule has 4 rings (SSSR count). The molecule has 156 valence electrons. The largest absolute Gasteiger partial charge is 0.329 e. The molecule has 1 saturated heterocycles. The molecule has 3 aromatic rings. The highest BCUT2D eigenvalue weighted by atomic mass is 16.2. The van der Waals surface area contributed by atoms with Crippen LogP contribution >= 0.6 is 0 Å². The Hall–Kier alpha value is -4.00. The smallest absolute Gasteiger partial charge is 0.254 e. The van der Waals surface area contributed by atoms with Crippen LogP contribution in [0.4, 0.5) is 5.69 Å². The summed E-state index contributed by atoms with van der Waals surface area (Å²) in [5, 5.41) is 1.23. The highest BCUT2D eigenvalue weighted by molar-refractivity contribution is 6.01. The zero-order chi connectivity index (χ0) is 21.8. The third-order valence-electron chi connectivity index (χ3n) is 5.22. The van der Waals surface area contributed by atoms with Crippen LogP contribution in [0.2, 0.25) is 0 Å². The molecule has 1 aliphatic rings. The second-order valence-corrected chi connectivity index (χ2v) is 7.29. The molecule has 7 heteroatoms. The number of rotatable bonds is 5. The number of carbonyl (C=O) groups excluding carboxylic acids is 3. The number of hydrogen-bond acceptors (Lipinski definition) is 4. The topological polar surface area (TPSA) is 82.6 Å². The first-order chi connectivity index (χ1) is 15.0. The average molecular weight is 414 g/mol. The van der Waals surface area contributed by atoms with Gasteiger partial charge in [-0.05, 0) is 42.0 Å². The number of pyridine rings is 1. The van der Waals surface area contributed by atoms with E-state index in [4.69, 9.17) is 0 Å². The van der Waals surface area contributed by atoms with Crippen molar-refractivity contribution in [3.63, 3.8) is 0 Å². The fourth-order valence-corrected chi connectivity index (χ4v) is 3.62. The van der Waals surface area contributed by atoms with Crippen molar-refractivity contribution < 1.29 is 14.4 Å². The van der Waals surface area contributed by atoms with Crippen LogP contribution in [0.5, 0.6) is 0 Å². The highest BCUT2D eigenvalue weighted by Crippen LogP contribution is 2.28. The van der Waals surface area contributed by atoms with Crippen LogP contribution in [0.3, 0.4) is 0 Å². The van der Waals surface area contributed by atoms with Gasteiger partial charge in [0.1, 0.15) is 0 Å². The van der Waals surface area contributed by atoms with Gasteiger partial charge in [-0.3, -0.25) is 24.8 Å².